The zero-order valence-electron chi connectivity index (χ0n) is 24.5. The van der Waals surface area contributed by atoms with Crippen molar-refractivity contribution in [2.24, 2.45) is 0 Å². The number of carbonyl (C=O) groups excluding carboxylic acids is 2. The maximum absolute atomic E-state index is 13.9. The molecule has 0 bridgehead atoms. The normalized spacial score (nSPS) is 14.8. The van der Waals surface area contributed by atoms with Crippen molar-refractivity contribution in [3.05, 3.63) is 89.5 Å². The molecule has 0 fully saturated rings. The van der Waals surface area contributed by atoms with E-state index in [9.17, 15) is 9.59 Å². The van der Waals surface area contributed by atoms with Crippen LogP contribution in [0.25, 0.3) is 0 Å². The van der Waals surface area contributed by atoms with Crippen LogP contribution in [0, 0.1) is 6.92 Å². The molecule has 0 atom stereocenters. The van der Waals surface area contributed by atoms with E-state index in [1.165, 1.54) is 0 Å². The molecule has 2 amide bonds. The number of rotatable bonds is 6. The number of ether oxygens (including phenoxy) is 1. The first-order chi connectivity index (χ1) is 19.2. The van der Waals surface area contributed by atoms with Gasteiger partial charge in [0, 0.05) is 64.1 Å². The highest BCUT2D eigenvalue weighted by Gasteiger charge is 2.26. The van der Waals surface area contributed by atoms with Gasteiger partial charge in [-0.25, -0.2) is 0 Å². The summed E-state index contributed by atoms with van der Waals surface area (Å²) >= 11 is 0. The van der Waals surface area contributed by atoms with Crippen LogP contribution in [0.4, 0.5) is 11.4 Å². The second kappa shape index (κ2) is 13.5. The highest BCUT2D eigenvalue weighted by Crippen LogP contribution is 2.29. The van der Waals surface area contributed by atoms with Crippen molar-refractivity contribution >= 4 is 23.2 Å². The number of fused-ring (bicyclic) bond motifs is 1. The smallest absolute Gasteiger partial charge is 0.264 e. The minimum absolute atomic E-state index is 0.00833. The topological polar surface area (TPSA) is 56.3 Å². The van der Waals surface area contributed by atoms with Crippen molar-refractivity contribution in [2.45, 2.75) is 39.8 Å². The maximum atomic E-state index is 13.9. The highest BCUT2D eigenvalue weighted by molar-refractivity contribution is 5.97. The van der Waals surface area contributed by atoms with Gasteiger partial charge in [0.1, 0.15) is 5.75 Å². The number of hydrogen-bond donors (Lipinski definition) is 0. The summed E-state index contributed by atoms with van der Waals surface area (Å²) in [4.78, 5) is 35.7. The Morgan fingerprint density at radius 1 is 0.875 bits per heavy atom. The summed E-state index contributed by atoms with van der Waals surface area (Å²) in [6.07, 6.45) is 0.822. The molecule has 1 aliphatic heterocycles. The minimum Gasteiger partial charge on any atom is -0.484 e. The van der Waals surface area contributed by atoms with Gasteiger partial charge in [0.2, 0.25) is 0 Å². The average Bonchev–Trinajstić information content (AvgIpc) is 2.99. The standard InChI is InChI=1S/C33H42N4O3/c1-25(2)35-19-10-20-37(31(38)24-40-30-13-7-6-8-14-30)32-26(3)11-9-12-28(32)23-36(22-21-35)33(39)27-15-17-29(18-16-27)34(4)5/h6-9,11-18,25H,10,19-24H2,1-5H3. The van der Waals surface area contributed by atoms with Gasteiger partial charge in [-0.2, -0.15) is 0 Å². The molecular formula is C33H42N4O3. The molecule has 0 N–H and O–H groups in total. The van der Waals surface area contributed by atoms with E-state index in [4.69, 9.17) is 4.74 Å². The molecule has 0 aromatic heterocycles. The van der Waals surface area contributed by atoms with Gasteiger partial charge in [-0.05, 0) is 74.7 Å². The fraction of sp³-hybridized carbons (Fsp3) is 0.394. The van der Waals surface area contributed by atoms with Crippen LogP contribution in [0.15, 0.2) is 72.8 Å². The van der Waals surface area contributed by atoms with Gasteiger partial charge in [0.05, 0.1) is 5.69 Å². The van der Waals surface area contributed by atoms with Gasteiger partial charge >= 0.3 is 0 Å². The molecule has 0 unspecified atom stereocenters. The molecule has 1 heterocycles. The van der Waals surface area contributed by atoms with E-state index < -0.39 is 0 Å². The number of nitrogens with zero attached hydrogens (tertiary/aromatic N) is 4. The van der Waals surface area contributed by atoms with Crippen LogP contribution in [-0.4, -0.2) is 74.5 Å². The van der Waals surface area contributed by atoms with Crippen molar-refractivity contribution in [1.82, 2.24) is 9.80 Å². The summed E-state index contributed by atoms with van der Waals surface area (Å²) in [5.74, 6) is 0.569. The molecule has 0 radical (unpaired) electrons. The first-order valence-electron chi connectivity index (χ1n) is 14.1. The molecule has 7 nitrogen and oxygen atoms in total. The summed E-state index contributed by atoms with van der Waals surface area (Å²) in [6, 6.07) is 23.6. The van der Waals surface area contributed by atoms with Crippen molar-refractivity contribution in [3.63, 3.8) is 0 Å². The molecule has 1 aliphatic rings. The Morgan fingerprint density at radius 3 is 2.27 bits per heavy atom. The van der Waals surface area contributed by atoms with Gasteiger partial charge < -0.3 is 19.4 Å². The van der Waals surface area contributed by atoms with Crippen LogP contribution in [0.2, 0.25) is 0 Å². The van der Waals surface area contributed by atoms with Crippen LogP contribution >= 0.6 is 0 Å². The van der Waals surface area contributed by atoms with Crippen molar-refractivity contribution in [2.75, 3.05) is 56.7 Å². The predicted molar refractivity (Wildman–Crippen MR) is 162 cm³/mol. The molecule has 0 aliphatic carbocycles. The van der Waals surface area contributed by atoms with Crippen molar-refractivity contribution in [1.29, 1.82) is 0 Å². The third kappa shape index (κ3) is 7.21. The Balaban J connectivity index is 1.67. The lowest BCUT2D eigenvalue weighted by Crippen LogP contribution is -2.41. The van der Waals surface area contributed by atoms with Gasteiger partial charge in [-0.15, -0.1) is 0 Å². The summed E-state index contributed by atoms with van der Waals surface area (Å²) in [7, 11) is 3.98. The summed E-state index contributed by atoms with van der Waals surface area (Å²) in [5, 5.41) is 0. The Kier molecular flexibility index (Phi) is 9.83. The first kappa shape index (κ1) is 29.2. The summed E-state index contributed by atoms with van der Waals surface area (Å²) in [6.45, 7) is 9.55. The predicted octanol–water partition coefficient (Wildman–Crippen LogP) is 5.23. The van der Waals surface area contributed by atoms with E-state index in [0.717, 1.165) is 42.0 Å². The number of hydrogen-bond acceptors (Lipinski definition) is 5. The molecule has 4 rings (SSSR count). The van der Waals surface area contributed by atoms with Crippen LogP contribution in [-0.2, 0) is 11.3 Å². The summed E-state index contributed by atoms with van der Waals surface area (Å²) < 4.78 is 5.86. The van der Waals surface area contributed by atoms with Crippen LogP contribution in [0.3, 0.4) is 0 Å². The quantitative estimate of drug-likeness (QED) is 0.427. The van der Waals surface area contributed by atoms with Crippen molar-refractivity contribution in [3.8, 4) is 5.75 Å². The van der Waals surface area contributed by atoms with E-state index in [0.29, 0.717) is 37.0 Å². The molecule has 0 saturated heterocycles. The fourth-order valence-electron chi connectivity index (χ4n) is 5.19. The molecule has 3 aromatic rings. The number of amides is 2. The number of aryl methyl sites for hydroxylation is 1. The lowest BCUT2D eigenvalue weighted by molar-refractivity contribution is -0.120. The maximum Gasteiger partial charge on any atom is 0.264 e. The molecule has 3 aromatic carbocycles. The van der Waals surface area contributed by atoms with Gasteiger partial charge in [-0.3, -0.25) is 14.5 Å². The first-order valence-corrected chi connectivity index (χ1v) is 14.1. The van der Waals surface area contributed by atoms with E-state index in [2.05, 4.69) is 18.7 Å². The monoisotopic (exact) mass is 542 g/mol. The minimum atomic E-state index is -0.0908. The molecule has 40 heavy (non-hydrogen) atoms. The largest absolute Gasteiger partial charge is 0.484 e. The Morgan fingerprint density at radius 2 is 1.60 bits per heavy atom. The average molecular weight is 543 g/mol. The van der Waals surface area contributed by atoms with Crippen molar-refractivity contribution < 1.29 is 14.3 Å². The van der Waals surface area contributed by atoms with Gasteiger partial charge in [-0.1, -0.05) is 36.4 Å². The van der Waals surface area contributed by atoms with E-state index in [1.807, 2.05) is 109 Å². The lowest BCUT2D eigenvalue weighted by atomic mass is 10.0. The summed E-state index contributed by atoms with van der Waals surface area (Å²) in [5.41, 5.74) is 4.56. The zero-order chi connectivity index (χ0) is 28.6. The molecule has 0 spiro atoms. The highest BCUT2D eigenvalue weighted by atomic mass is 16.5. The van der Waals surface area contributed by atoms with Crippen LogP contribution < -0.4 is 14.5 Å². The zero-order valence-corrected chi connectivity index (χ0v) is 24.5. The third-order valence-corrected chi connectivity index (χ3v) is 7.49. The fourth-order valence-corrected chi connectivity index (χ4v) is 5.19. The number of para-hydroxylation sites is 2. The number of benzene rings is 3. The molecular weight excluding hydrogens is 500 g/mol. The molecule has 7 heteroatoms. The number of carbonyl (C=O) groups is 2. The van der Waals surface area contributed by atoms with E-state index in [1.54, 1.807) is 0 Å². The Labute approximate surface area is 238 Å². The number of anilines is 2. The van der Waals surface area contributed by atoms with E-state index in [-0.39, 0.29) is 18.4 Å². The van der Waals surface area contributed by atoms with Gasteiger partial charge in [0.15, 0.2) is 6.61 Å². The van der Waals surface area contributed by atoms with Crippen LogP contribution in [0.5, 0.6) is 5.75 Å². The molecule has 0 saturated carbocycles. The van der Waals surface area contributed by atoms with Gasteiger partial charge in [0.25, 0.3) is 11.8 Å². The Hall–Kier alpha value is -3.84. The SMILES string of the molecule is Cc1cccc2c1N(C(=O)COc1ccccc1)CCCN(C(C)C)CCN(C(=O)c1ccc(N(C)C)cc1)C2. The Bertz CT molecular complexity index is 1270. The van der Waals surface area contributed by atoms with E-state index >= 15 is 0 Å². The second-order valence-corrected chi connectivity index (χ2v) is 10.9. The van der Waals surface area contributed by atoms with Crippen LogP contribution in [0.1, 0.15) is 41.8 Å². The lowest BCUT2D eigenvalue weighted by Gasteiger charge is -2.30. The second-order valence-electron chi connectivity index (χ2n) is 10.9. The third-order valence-electron chi connectivity index (χ3n) is 7.49. The molecule has 212 valence electrons.